The summed E-state index contributed by atoms with van der Waals surface area (Å²) < 4.78 is 5.17. The molecule has 6 heteroatoms. The maximum Gasteiger partial charge on any atom is 0.328 e. The van der Waals surface area contributed by atoms with Crippen molar-refractivity contribution in [2.24, 2.45) is 0 Å². The average molecular weight is 267 g/mol. The second-order valence-electron chi connectivity index (χ2n) is 4.31. The van der Waals surface area contributed by atoms with E-state index >= 15 is 0 Å². The molecule has 0 amide bonds. The number of aromatic amines is 2. The van der Waals surface area contributed by atoms with E-state index in [-0.39, 0.29) is 11.8 Å². The quantitative estimate of drug-likeness (QED) is 0.804. The van der Waals surface area contributed by atoms with Crippen LogP contribution in [0.15, 0.2) is 46.2 Å². The van der Waals surface area contributed by atoms with Crippen molar-refractivity contribution in [3.63, 3.8) is 0 Å². The minimum atomic E-state index is -0.609. The van der Waals surface area contributed by atoms with Gasteiger partial charge in [0.05, 0.1) is 23.5 Å². The van der Waals surface area contributed by atoms with Gasteiger partial charge in [-0.1, -0.05) is 12.1 Å². The molecule has 2 heterocycles. The third-order valence-corrected chi connectivity index (χ3v) is 3.11. The minimum Gasteiger partial charge on any atom is -0.448 e. The molecule has 6 nitrogen and oxygen atoms in total. The van der Waals surface area contributed by atoms with Gasteiger partial charge in [-0.15, -0.1) is 0 Å². The molecule has 0 spiro atoms. The summed E-state index contributed by atoms with van der Waals surface area (Å²) in [6.07, 6.45) is 3.15. The fourth-order valence-electron chi connectivity index (χ4n) is 2.18. The normalized spacial score (nSPS) is 16.1. The van der Waals surface area contributed by atoms with Gasteiger partial charge in [-0.25, -0.2) is 4.79 Å². The first-order valence-electron chi connectivity index (χ1n) is 5.89. The third-order valence-electron chi connectivity index (χ3n) is 3.11. The Labute approximate surface area is 113 Å². The molecule has 0 radical (unpaired) electrons. The van der Waals surface area contributed by atoms with Crippen molar-refractivity contribution >= 4 is 0 Å². The Morgan fingerprint density at radius 1 is 1.15 bits per heavy atom. The number of nitriles is 1. The number of aromatic nitrogens is 2. The van der Waals surface area contributed by atoms with Crippen LogP contribution < -0.4 is 16.0 Å². The second-order valence-corrected chi connectivity index (χ2v) is 4.31. The number of H-pyrrole nitrogens is 2. The second kappa shape index (κ2) is 4.55. The van der Waals surface area contributed by atoms with Gasteiger partial charge in [0.25, 0.3) is 5.56 Å². The molecule has 1 atom stereocenters. The summed E-state index contributed by atoms with van der Waals surface area (Å²) in [6, 6.07) is 8.94. The van der Waals surface area contributed by atoms with Crippen molar-refractivity contribution < 1.29 is 4.74 Å². The Balaban J connectivity index is 2.15. The fraction of sp³-hybridized carbons (Fsp3) is 0.0714. The van der Waals surface area contributed by atoms with Gasteiger partial charge in [-0.2, -0.15) is 5.26 Å². The van der Waals surface area contributed by atoms with Gasteiger partial charge in [0.15, 0.2) is 0 Å². The van der Waals surface area contributed by atoms with Crippen LogP contribution in [-0.4, -0.2) is 9.97 Å². The number of hydrogen-bond donors (Lipinski definition) is 2. The van der Waals surface area contributed by atoms with Crippen LogP contribution in [0.4, 0.5) is 0 Å². The largest absolute Gasteiger partial charge is 0.448 e. The maximum atomic E-state index is 11.9. The number of rotatable bonds is 1. The summed E-state index contributed by atoms with van der Waals surface area (Å²) in [7, 11) is 0. The third kappa shape index (κ3) is 1.91. The predicted molar refractivity (Wildman–Crippen MR) is 70.5 cm³/mol. The smallest absolute Gasteiger partial charge is 0.328 e. The number of hydrogen-bond acceptors (Lipinski definition) is 4. The lowest BCUT2D eigenvalue weighted by Gasteiger charge is -2.19. The Bertz CT molecular complexity index is 838. The zero-order valence-electron chi connectivity index (χ0n) is 10.2. The molecule has 0 aliphatic carbocycles. The molecule has 20 heavy (non-hydrogen) atoms. The van der Waals surface area contributed by atoms with Gasteiger partial charge in [-0.05, 0) is 23.8 Å². The van der Waals surface area contributed by atoms with E-state index < -0.39 is 11.2 Å². The highest BCUT2D eigenvalue weighted by atomic mass is 16.5. The molecule has 1 aromatic heterocycles. The van der Waals surface area contributed by atoms with Crippen LogP contribution in [0, 0.1) is 11.3 Å². The van der Waals surface area contributed by atoms with E-state index in [2.05, 4.69) is 9.97 Å². The Morgan fingerprint density at radius 2 is 1.90 bits per heavy atom. The molecule has 0 bridgehead atoms. The van der Waals surface area contributed by atoms with E-state index in [9.17, 15) is 9.59 Å². The Morgan fingerprint density at radius 3 is 2.60 bits per heavy atom. The molecule has 98 valence electrons. The SMILES string of the molecule is N#Cc1ccc(C2C=COc3[nH]c(=O)[nH]c(=O)c32)cc1. The fourth-order valence-corrected chi connectivity index (χ4v) is 2.18. The average Bonchev–Trinajstić information content (AvgIpc) is 2.46. The standard InChI is InChI=1S/C14H9N3O3/c15-7-8-1-3-9(4-2-8)10-5-6-20-13-11(10)12(18)16-14(19)17-13/h1-6,10H,(H2,16,17,18,19). The number of ether oxygens (including phenoxy) is 1. The summed E-state index contributed by atoms with van der Waals surface area (Å²) in [5.41, 5.74) is 0.629. The van der Waals surface area contributed by atoms with Crippen LogP contribution in [-0.2, 0) is 0 Å². The van der Waals surface area contributed by atoms with E-state index in [1.807, 2.05) is 6.07 Å². The number of fused-ring (bicyclic) bond motifs is 1. The van der Waals surface area contributed by atoms with Gasteiger partial charge in [0, 0.05) is 5.92 Å². The molecule has 2 N–H and O–H groups in total. The van der Waals surface area contributed by atoms with Gasteiger partial charge >= 0.3 is 5.69 Å². The molecular weight excluding hydrogens is 258 g/mol. The Kier molecular flexibility index (Phi) is 2.73. The highest BCUT2D eigenvalue weighted by molar-refractivity contribution is 5.44. The zero-order chi connectivity index (χ0) is 14.1. The van der Waals surface area contributed by atoms with Crippen molar-refractivity contribution in [2.45, 2.75) is 5.92 Å². The summed E-state index contributed by atoms with van der Waals surface area (Å²) >= 11 is 0. The molecule has 1 unspecified atom stereocenters. The summed E-state index contributed by atoms with van der Waals surface area (Å²) in [5, 5.41) is 8.79. The lowest BCUT2D eigenvalue weighted by Crippen LogP contribution is -2.29. The van der Waals surface area contributed by atoms with Gasteiger partial charge in [0.1, 0.15) is 0 Å². The molecule has 1 aromatic carbocycles. The Hall–Kier alpha value is -3.07. The minimum absolute atomic E-state index is 0.149. The van der Waals surface area contributed by atoms with E-state index in [4.69, 9.17) is 10.00 Å². The van der Waals surface area contributed by atoms with Crippen LogP contribution in [0.25, 0.3) is 0 Å². The highest BCUT2D eigenvalue weighted by Crippen LogP contribution is 2.31. The molecule has 2 aromatic rings. The molecule has 0 saturated heterocycles. The van der Waals surface area contributed by atoms with Crippen LogP contribution >= 0.6 is 0 Å². The van der Waals surface area contributed by atoms with Crippen molar-refractivity contribution in [1.29, 1.82) is 5.26 Å². The van der Waals surface area contributed by atoms with Gasteiger partial charge in [0.2, 0.25) is 5.88 Å². The lowest BCUT2D eigenvalue weighted by atomic mass is 9.91. The van der Waals surface area contributed by atoms with E-state index in [0.29, 0.717) is 11.1 Å². The molecule has 0 fully saturated rings. The summed E-state index contributed by atoms with van der Waals surface area (Å²) in [6.45, 7) is 0. The number of nitrogens with zero attached hydrogens (tertiary/aromatic N) is 1. The van der Waals surface area contributed by atoms with Crippen molar-refractivity contribution in [3.05, 3.63) is 74.1 Å². The van der Waals surface area contributed by atoms with E-state index in [1.165, 1.54) is 6.26 Å². The van der Waals surface area contributed by atoms with E-state index in [0.717, 1.165) is 5.56 Å². The van der Waals surface area contributed by atoms with Crippen molar-refractivity contribution in [3.8, 4) is 11.9 Å². The van der Waals surface area contributed by atoms with Crippen molar-refractivity contribution in [1.82, 2.24) is 9.97 Å². The monoisotopic (exact) mass is 267 g/mol. The van der Waals surface area contributed by atoms with Crippen LogP contribution in [0.3, 0.4) is 0 Å². The predicted octanol–water partition coefficient (Wildman–Crippen LogP) is 0.973. The number of benzene rings is 1. The van der Waals surface area contributed by atoms with Crippen LogP contribution in [0.2, 0.25) is 0 Å². The topological polar surface area (TPSA) is 98.7 Å². The molecule has 1 aliphatic heterocycles. The number of nitrogens with one attached hydrogen (secondary N) is 2. The van der Waals surface area contributed by atoms with Crippen LogP contribution in [0.5, 0.6) is 5.88 Å². The first-order valence-corrected chi connectivity index (χ1v) is 5.89. The summed E-state index contributed by atoms with van der Waals surface area (Å²) in [4.78, 5) is 27.8. The van der Waals surface area contributed by atoms with E-state index in [1.54, 1.807) is 30.3 Å². The maximum absolute atomic E-state index is 11.9. The first-order chi connectivity index (χ1) is 9.69. The highest BCUT2D eigenvalue weighted by Gasteiger charge is 2.24. The number of allylic oxidation sites excluding steroid dienone is 1. The van der Waals surface area contributed by atoms with Crippen molar-refractivity contribution in [2.75, 3.05) is 0 Å². The molecule has 0 saturated carbocycles. The zero-order valence-corrected chi connectivity index (χ0v) is 10.2. The first kappa shape index (κ1) is 12.0. The van der Waals surface area contributed by atoms with Gasteiger partial charge in [-0.3, -0.25) is 14.8 Å². The van der Waals surface area contributed by atoms with Gasteiger partial charge < -0.3 is 4.74 Å². The molecule has 1 aliphatic rings. The van der Waals surface area contributed by atoms with Crippen LogP contribution in [0.1, 0.15) is 22.6 Å². The summed E-state index contributed by atoms with van der Waals surface area (Å²) in [5.74, 6) is -0.178. The molecule has 3 rings (SSSR count). The lowest BCUT2D eigenvalue weighted by molar-refractivity contribution is 0.433. The molecular formula is C14H9N3O3.